The van der Waals surface area contributed by atoms with Gasteiger partial charge in [0.2, 0.25) is 5.91 Å². The third-order valence-electron chi connectivity index (χ3n) is 2.81. The number of amides is 1. The van der Waals surface area contributed by atoms with Crippen LogP contribution in [-0.4, -0.2) is 12.5 Å². The van der Waals surface area contributed by atoms with Crippen molar-refractivity contribution in [3.63, 3.8) is 0 Å². The zero-order valence-corrected chi connectivity index (χ0v) is 12.1. The van der Waals surface area contributed by atoms with Gasteiger partial charge in [-0.3, -0.25) is 4.79 Å². The Morgan fingerprint density at radius 2 is 1.85 bits per heavy atom. The smallest absolute Gasteiger partial charge is 0.226 e. The molecule has 3 nitrogen and oxygen atoms in total. The number of rotatable bonds is 5. The van der Waals surface area contributed by atoms with E-state index < -0.39 is 0 Å². The number of aryl methyl sites for hydroxylation is 1. The van der Waals surface area contributed by atoms with Crippen LogP contribution in [-0.2, 0) is 4.79 Å². The maximum atomic E-state index is 11.8. The van der Waals surface area contributed by atoms with E-state index in [1.54, 1.807) is 12.1 Å². The Bertz CT molecular complexity index is 599. The molecule has 0 unspecified atom stereocenters. The highest BCUT2D eigenvalue weighted by Gasteiger charge is 2.02. The standard InChI is InChI=1S/C16H17ClN2O/c1-12-4-2-6-14(10-12)18-9-8-16(20)19-15-7-3-5-13(17)11-15/h2-7,10-11,18H,8-9H2,1H3,(H,19,20). The molecule has 2 aromatic rings. The highest BCUT2D eigenvalue weighted by Crippen LogP contribution is 2.15. The number of halogens is 1. The summed E-state index contributed by atoms with van der Waals surface area (Å²) in [5.41, 5.74) is 2.94. The van der Waals surface area contributed by atoms with Gasteiger partial charge in [-0.1, -0.05) is 29.8 Å². The lowest BCUT2D eigenvalue weighted by Gasteiger charge is -2.08. The van der Waals surface area contributed by atoms with E-state index >= 15 is 0 Å². The molecule has 0 radical (unpaired) electrons. The largest absolute Gasteiger partial charge is 0.385 e. The van der Waals surface area contributed by atoms with Gasteiger partial charge in [0.15, 0.2) is 0 Å². The number of anilines is 2. The van der Waals surface area contributed by atoms with E-state index in [9.17, 15) is 4.79 Å². The second-order valence-corrected chi connectivity index (χ2v) is 5.04. The van der Waals surface area contributed by atoms with Gasteiger partial charge in [0.1, 0.15) is 0 Å². The Balaban J connectivity index is 1.78. The first kappa shape index (κ1) is 14.4. The molecule has 0 fully saturated rings. The lowest BCUT2D eigenvalue weighted by atomic mass is 10.2. The van der Waals surface area contributed by atoms with Crippen LogP contribution in [0.1, 0.15) is 12.0 Å². The van der Waals surface area contributed by atoms with Gasteiger partial charge in [0.05, 0.1) is 0 Å². The maximum Gasteiger partial charge on any atom is 0.226 e. The van der Waals surface area contributed by atoms with Gasteiger partial charge in [-0.2, -0.15) is 0 Å². The summed E-state index contributed by atoms with van der Waals surface area (Å²) in [4.78, 5) is 11.8. The summed E-state index contributed by atoms with van der Waals surface area (Å²) >= 11 is 5.86. The molecule has 0 aliphatic heterocycles. The van der Waals surface area contributed by atoms with E-state index in [1.165, 1.54) is 5.56 Å². The second-order valence-electron chi connectivity index (χ2n) is 4.60. The van der Waals surface area contributed by atoms with Crippen LogP contribution in [0.4, 0.5) is 11.4 Å². The zero-order valence-electron chi connectivity index (χ0n) is 11.3. The van der Waals surface area contributed by atoms with Gasteiger partial charge in [-0.05, 0) is 42.8 Å². The molecule has 2 N–H and O–H groups in total. The first-order valence-corrected chi connectivity index (χ1v) is 6.87. The first-order chi connectivity index (χ1) is 9.63. The number of hydrogen-bond acceptors (Lipinski definition) is 2. The lowest BCUT2D eigenvalue weighted by Crippen LogP contribution is -2.16. The molecule has 0 aliphatic rings. The molecule has 0 bridgehead atoms. The molecule has 2 aromatic carbocycles. The first-order valence-electron chi connectivity index (χ1n) is 6.49. The van der Waals surface area contributed by atoms with Crippen LogP contribution in [0, 0.1) is 6.92 Å². The summed E-state index contributed by atoms with van der Waals surface area (Å²) < 4.78 is 0. The second kappa shape index (κ2) is 6.96. The summed E-state index contributed by atoms with van der Waals surface area (Å²) in [6.45, 7) is 2.63. The molecule has 0 saturated heterocycles. The molecule has 0 heterocycles. The highest BCUT2D eigenvalue weighted by atomic mass is 35.5. The summed E-state index contributed by atoms with van der Waals surface area (Å²) in [7, 11) is 0. The number of nitrogens with one attached hydrogen (secondary N) is 2. The van der Waals surface area contributed by atoms with Crippen LogP contribution in [0.25, 0.3) is 0 Å². The van der Waals surface area contributed by atoms with E-state index in [-0.39, 0.29) is 5.91 Å². The van der Waals surface area contributed by atoms with Crippen LogP contribution in [0.2, 0.25) is 5.02 Å². The number of benzene rings is 2. The predicted molar refractivity (Wildman–Crippen MR) is 84.4 cm³/mol. The topological polar surface area (TPSA) is 41.1 Å². The van der Waals surface area contributed by atoms with Crippen molar-refractivity contribution in [3.8, 4) is 0 Å². The minimum atomic E-state index is -0.0348. The predicted octanol–water partition coefficient (Wildman–Crippen LogP) is 4.09. The molecule has 0 aliphatic carbocycles. The van der Waals surface area contributed by atoms with Gasteiger partial charge in [-0.25, -0.2) is 0 Å². The fourth-order valence-electron chi connectivity index (χ4n) is 1.87. The third-order valence-corrected chi connectivity index (χ3v) is 3.04. The summed E-state index contributed by atoms with van der Waals surface area (Å²) in [5.74, 6) is -0.0348. The van der Waals surface area contributed by atoms with Gasteiger partial charge in [0, 0.05) is 29.4 Å². The number of carbonyl (C=O) groups excluding carboxylic acids is 1. The molecule has 1 amide bonds. The zero-order chi connectivity index (χ0) is 14.4. The quantitative estimate of drug-likeness (QED) is 0.870. The molecular weight excluding hydrogens is 272 g/mol. The van der Waals surface area contributed by atoms with Crippen LogP contribution in [0.5, 0.6) is 0 Å². The average molecular weight is 289 g/mol. The Morgan fingerprint density at radius 3 is 2.60 bits per heavy atom. The molecule has 0 atom stereocenters. The van der Waals surface area contributed by atoms with E-state index in [1.807, 2.05) is 37.3 Å². The molecule has 104 valence electrons. The minimum absolute atomic E-state index is 0.0348. The molecule has 0 saturated carbocycles. The summed E-state index contributed by atoms with van der Waals surface area (Å²) in [5, 5.41) is 6.66. The maximum absolute atomic E-state index is 11.8. The Kier molecular flexibility index (Phi) is 5.02. The molecule has 0 aromatic heterocycles. The van der Waals surface area contributed by atoms with Crippen LogP contribution < -0.4 is 10.6 Å². The van der Waals surface area contributed by atoms with Gasteiger partial charge in [0.25, 0.3) is 0 Å². The number of carbonyl (C=O) groups is 1. The van der Waals surface area contributed by atoms with Crippen molar-refractivity contribution >= 4 is 28.9 Å². The lowest BCUT2D eigenvalue weighted by molar-refractivity contribution is -0.115. The van der Waals surface area contributed by atoms with E-state index in [0.29, 0.717) is 18.0 Å². The van der Waals surface area contributed by atoms with Crippen molar-refractivity contribution in [1.82, 2.24) is 0 Å². The Hall–Kier alpha value is -2.00. The highest BCUT2D eigenvalue weighted by molar-refractivity contribution is 6.30. The fourth-order valence-corrected chi connectivity index (χ4v) is 2.06. The van der Waals surface area contributed by atoms with Crippen molar-refractivity contribution in [2.45, 2.75) is 13.3 Å². The third kappa shape index (κ3) is 4.59. The van der Waals surface area contributed by atoms with Crippen molar-refractivity contribution < 1.29 is 4.79 Å². The Morgan fingerprint density at radius 1 is 1.10 bits per heavy atom. The van der Waals surface area contributed by atoms with Crippen LogP contribution in [0.3, 0.4) is 0 Å². The molecule has 20 heavy (non-hydrogen) atoms. The number of hydrogen-bond donors (Lipinski definition) is 2. The van der Waals surface area contributed by atoms with Gasteiger partial charge >= 0.3 is 0 Å². The molecular formula is C16H17ClN2O. The monoisotopic (exact) mass is 288 g/mol. The molecule has 0 spiro atoms. The van der Waals surface area contributed by atoms with Crippen molar-refractivity contribution in [1.29, 1.82) is 0 Å². The molecule has 4 heteroatoms. The summed E-state index contributed by atoms with van der Waals surface area (Å²) in [6.07, 6.45) is 0.403. The fraction of sp³-hybridized carbons (Fsp3) is 0.188. The van der Waals surface area contributed by atoms with Crippen molar-refractivity contribution in [2.75, 3.05) is 17.2 Å². The van der Waals surface area contributed by atoms with Crippen molar-refractivity contribution in [3.05, 3.63) is 59.1 Å². The van der Waals surface area contributed by atoms with Crippen LogP contribution >= 0.6 is 11.6 Å². The summed E-state index contributed by atoms with van der Waals surface area (Å²) in [6, 6.07) is 15.2. The molecule has 2 rings (SSSR count). The average Bonchev–Trinajstić information content (AvgIpc) is 2.38. The van der Waals surface area contributed by atoms with Crippen molar-refractivity contribution in [2.24, 2.45) is 0 Å². The minimum Gasteiger partial charge on any atom is -0.385 e. The van der Waals surface area contributed by atoms with Gasteiger partial charge in [-0.15, -0.1) is 0 Å². The van der Waals surface area contributed by atoms with E-state index in [2.05, 4.69) is 16.7 Å². The van der Waals surface area contributed by atoms with E-state index in [0.717, 1.165) is 11.4 Å². The Labute approximate surface area is 124 Å². The van der Waals surface area contributed by atoms with Gasteiger partial charge < -0.3 is 10.6 Å². The normalized spacial score (nSPS) is 10.1. The SMILES string of the molecule is Cc1cccc(NCCC(=O)Nc2cccc(Cl)c2)c1. The van der Waals surface area contributed by atoms with Crippen LogP contribution in [0.15, 0.2) is 48.5 Å². The van der Waals surface area contributed by atoms with E-state index in [4.69, 9.17) is 11.6 Å².